The van der Waals surface area contributed by atoms with Crippen LogP contribution in [-0.2, 0) is 15.1 Å². The van der Waals surface area contributed by atoms with Crippen molar-refractivity contribution in [3.05, 3.63) is 12.5 Å². The molecule has 0 saturated carbocycles. The SMILES string of the molecule is CCN1C=CON1S(=O)(=O)O. The summed E-state index contributed by atoms with van der Waals surface area (Å²) in [6, 6.07) is 0. The van der Waals surface area contributed by atoms with Crippen LogP contribution in [0.25, 0.3) is 0 Å². The Morgan fingerprint density at radius 2 is 2.27 bits per heavy atom. The van der Waals surface area contributed by atoms with Gasteiger partial charge < -0.3 is 4.84 Å². The third-order valence-electron chi connectivity index (χ3n) is 1.12. The van der Waals surface area contributed by atoms with Gasteiger partial charge in [0.05, 0.1) is 10.8 Å². The molecule has 0 aromatic rings. The number of hydrogen-bond donors (Lipinski definition) is 1. The highest BCUT2D eigenvalue weighted by molar-refractivity contribution is 7.83. The van der Waals surface area contributed by atoms with E-state index < -0.39 is 10.3 Å². The smallest absolute Gasteiger partial charge is 0.376 e. The molecule has 0 radical (unpaired) electrons. The van der Waals surface area contributed by atoms with Crippen molar-refractivity contribution in [3.63, 3.8) is 0 Å². The summed E-state index contributed by atoms with van der Waals surface area (Å²) < 4.78 is 29.9. The molecule has 0 saturated heterocycles. The van der Waals surface area contributed by atoms with Crippen molar-refractivity contribution in [3.8, 4) is 0 Å². The first-order chi connectivity index (χ1) is 5.05. The molecule has 1 heterocycles. The van der Waals surface area contributed by atoms with E-state index in [2.05, 4.69) is 4.84 Å². The first kappa shape index (κ1) is 8.31. The Morgan fingerprint density at radius 3 is 2.64 bits per heavy atom. The highest BCUT2D eigenvalue weighted by Crippen LogP contribution is 2.12. The maximum atomic E-state index is 10.5. The first-order valence-electron chi connectivity index (χ1n) is 2.93. The normalized spacial score (nSPS) is 18.9. The molecule has 0 atom stereocenters. The van der Waals surface area contributed by atoms with Gasteiger partial charge in [-0.2, -0.15) is 8.42 Å². The molecular formula is C4H8N2O4S. The summed E-state index contributed by atoms with van der Waals surface area (Å²) in [6.07, 6.45) is 2.56. The maximum Gasteiger partial charge on any atom is 0.386 e. The van der Waals surface area contributed by atoms with Crippen LogP contribution in [0.3, 0.4) is 0 Å². The van der Waals surface area contributed by atoms with Gasteiger partial charge in [0, 0.05) is 6.54 Å². The summed E-state index contributed by atoms with van der Waals surface area (Å²) >= 11 is 0. The van der Waals surface area contributed by atoms with E-state index in [1.165, 1.54) is 11.2 Å². The van der Waals surface area contributed by atoms with E-state index in [0.717, 1.165) is 6.26 Å². The highest BCUT2D eigenvalue weighted by atomic mass is 32.2. The minimum atomic E-state index is -4.29. The molecule has 1 aliphatic rings. The van der Waals surface area contributed by atoms with Crippen molar-refractivity contribution in [2.45, 2.75) is 6.92 Å². The molecule has 0 spiro atoms. The predicted octanol–water partition coefficient (Wildman–Crippen LogP) is -0.255. The zero-order valence-corrected chi connectivity index (χ0v) is 6.65. The molecule has 1 rings (SSSR count). The van der Waals surface area contributed by atoms with Crippen LogP contribution in [0, 0.1) is 0 Å². The van der Waals surface area contributed by atoms with Crippen LogP contribution in [0.5, 0.6) is 0 Å². The minimum absolute atomic E-state index is 0.396. The van der Waals surface area contributed by atoms with Gasteiger partial charge >= 0.3 is 10.3 Å². The van der Waals surface area contributed by atoms with Crippen molar-refractivity contribution in [1.29, 1.82) is 0 Å². The minimum Gasteiger partial charge on any atom is -0.376 e. The average molecular weight is 180 g/mol. The molecule has 11 heavy (non-hydrogen) atoms. The molecule has 0 unspecified atom stereocenters. The average Bonchev–Trinajstić information content (AvgIpc) is 2.31. The zero-order valence-electron chi connectivity index (χ0n) is 5.84. The van der Waals surface area contributed by atoms with Gasteiger partial charge in [0.2, 0.25) is 0 Å². The van der Waals surface area contributed by atoms with E-state index in [9.17, 15) is 8.42 Å². The standard InChI is InChI=1S/C4H8N2O4S/c1-2-5-3-4-10-6(5)11(7,8)9/h3-4H,2H2,1H3,(H,7,8,9). The number of nitrogens with zero attached hydrogens (tertiary/aromatic N) is 2. The van der Waals surface area contributed by atoms with E-state index in [4.69, 9.17) is 4.55 Å². The van der Waals surface area contributed by atoms with Crippen LogP contribution in [0.15, 0.2) is 12.5 Å². The second-order valence-corrected chi connectivity index (χ2v) is 3.04. The van der Waals surface area contributed by atoms with Crippen LogP contribution >= 0.6 is 0 Å². The second kappa shape index (κ2) is 2.68. The Hall–Kier alpha value is -0.790. The maximum absolute atomic E-state index is 10.5. The highest BCUT2D eigenvalue weighted by Gasteiger charge is 2.28. The molecule has 0 bridgehead atoms. The van der Waals surface area contributed by atoms with Crippen LogP contribution < -0.4 is 0 Å². The third kappa shape index (κ3) is 1.62. The predicted molar refractivity (Wildman–Crippen MR) is 36.0 cm³/mol. The summed E-state index contributed by atoms with van der Waals surface area (Å²) in [7, 11) is -4.29. The lowest BCUT2D eigenvalue weighted by Gasteiger charge is -2.20. The number of rotatable bonds is 2. The fourth-order valence-electron chi connectivity index (χ4n) is 0.672. The molecule has 0 aliphatic carbocycles. The fraction of sp³-hybridized carbons (Fsp3) is 0.500. The Kier molecular flexibility index (Phi) is 2.03. The molecule has 7 heteroatoms. The van der Waals surface area contributed by atoms with Gasteiger partial charge in [0.25, 0.3) is 0 Å². The van der Waals surface area contributed by atoms with Gasteiger partial charge in [-0.15, -0.1) is 0 Å². The first-order valence-corrected chi connectivity index (χ1v) is 4.33. The van der Waals surface area contributed by atoms with Crippen molar-refractivity contribution >= 4 is 10.3 Å². The van der Waals surface area contributed by atoms with Crippen molar-refractivity contribution < 1.29 is 17.8 Å². The largest absolute Gasteiger partial charge is 0.386 e. The van der Waals surface area contributed by atoms with Crippen molar-refractivity contribution in [2.75, 3.05) is 6.54 Å². The Labute approximate surface area is 64.5 Å². The summed E-state index contributed by atoms with van der Waals surface area (Å²) in [6.45, 7) is 2.12. The molecule has 0 fully saturated rings. The second-order valence-electron chi connectivity index (χ2n) is 1.83. The quantitative estimate of drug-likeness (QED) is 0.593. The Balaban J connectivity index is 2.77. The number of hydrogen-bond acceptors (Lipinski definition) is 4. The van der Waals surface area contributed by atoms with E-state index >= 15 is 0 Å². The Morgan fingerprint density at radius 1 is 1.64 bits per heavy atom. The summed E-state index contributed by atoms with van der Waals surface area (Å²) in [4.78, 5) is 4.46. The van der Waals surface area contributed by atoms with Gasteiger partial charge in [-0.3, -0.25) is 9.56 Å². The molecule has 0 aromatic heterocycles. The molecule has 1 aliphatic heterocycles. The molecule has 0 aromatic carbocycles. The van der Waals surface area contributed by atoms with Gasteiger partial charge in [0.1, 0.15) is 6.26 Å². The summed E-state index contributed by atoms with van der Waals surface area (Å²) in [5, 5.41) is 1.20. The zero-order chi connectivity index (χ0) is 8.48. The molecule has 6 nitrogen and oxygen atoms in total. The van der Waals surface area contributed by atoms with Gasteiger partial charge in [-0.05, 0) is 6.92 Å². The van der Waals surface area contributed by atoms with Gasteiger partial charge in [0.15, 0.2) is 0 Å². The van der Waals surface area contributed by atoms with Crippen molar-refractivity contribution in [2.24, 2.45) is 0 Å². The lowest BCUT2D eigenvalue weighted by atomic mass is 10.7. The van der Waals surface area contributed by atoms with Crippen LogP contribution in [0.4, 0.5) is 0 Å². The number of hydrazine groups is 1. The monoisotopic (exact) mass is 180 g/mol. The fourth-order valence-corrected chi connectivity index (χ4v) is 1.27. The van der Waals surface area contributed by atoms with Crippen LogP contribution in [0.1, 0.15) is 6.92 Å². The Bertz CT molecular complexity index is 259. The molecular weight excluding hydrogens is 172 g/mol. The van der Waals surface area contributed by atoms with Crippen LogP contribution in [-0.4, -0.2) is 29.1 Å². The van der Waals surface area contributed by atoms with Gasteiger partial charge in [-0.25, -0.2) is 0 Å². The topological polar surface area (TPSA) is 70.1 Å². The van der Waals surface area contributed by atoms with E-state index in [0.29, 0.717) is 11.1 Å². The lowest BCUT2D eigenvalue weighted by molar-refractivity contribution is -0.124. The van der Waals surface area contributed by atoms with Gasteiger partial charge in [-0.1, -0.05) is 0 Å². The van der Waals surface area contributed by atoms with Crippen molar-refractivity contribution in [1.82, 2.24) is 9.59 Å². The molecule has 64 valence electrons. The molecule has 1 N–H and O–H groups in total. The van der Waals surface area contributed by atoms with E-state index in [1.807, 2.05) is 0 Å². The van der Waals surface area contributed by atoms with E-state index in [1.54, 1.807) is 6.92 Å². The third-order valence-corrected chi connectivity index (χ3v) is 1.81. The lowest BCUT2D eigenvalue weighted by Crippen LogP contribution is -2.38. The van der Waals surface area contributed by atoms with E-state index in [-0.39, 0.29) is 0 Å². The summed E-state index contributed by atoms with van der Waals surface area (Å²) in [5.74, 6) is 0. The van der Waals surface area contributed by atoms with Crippen LogP contribution in [0.2, 0.25) is 0 Å². The molecule has 0 amide bonds. The summed E-state index contributed by atoms with van der Waals surface area (Å²) in [5.41, 5.74) is 0.